The summed E-state index contributed by atoms with van der Waals surface area (Å²) in [7, 11) is 0. The highest BCUT2D eigenvalue weighted by Crippen LogP contribution is 2.41. The maximum Gasteiger partial charge on any atom is 0.0957 e. The molecule has 2 aromatic carbocycles. The Labute approximate surface area is 141 Å². The Morgan fingerprint density at radius 2 is 1.33 bits per heavy atom. The lowest BCUT2D eigenvalue weighted by atomic mass is 10.0. The average Bonchev–Trinajstić information content (AvgIpc) is 2.39. The van der Waals surface area contributed by atoms with Crippen LogP contribution in [0.2, 0.25) is 0 Å². The lowest BCUT2D eigenvalue weighted by molar-refractivity contribution is 1.15. The van der Waals surface area contributed by atoms with Gasteiger partial charge in [-0.25, -0.2) is 0 Å². The highest BCUT2D eigenvalue weighted by molar-refractivity contribution is 9.24. The summed E-state index contributed by atoms with van der Waals surface area (Å²) >= 11 is 14.5. The van der Waals surface area contributed by atoms with E-state index in [-0.39, 0.29) is 8.56 Å². The van der Waals surface area contributed by atoms with Gasteiger partial charge in [-0.05, 0) is 16.7 Å². The molecule has 0 nitrogen and oxygen atoms in total. The Kier molecular flexibility index (Phi) is 5.48. The molecule has 0 aromatic heterocycles. The molecule has 1 unspecified atom stereocenters. The molecule has 94 valence electrons. The van der Waals surface area contributed by atoms with Gasteiger partial charge in [-0.1, -0.05) is 112 Å². The van der Waals surface area contributed by atoms with E-state index < -0.39 is 0 Å². The molecular formula is C14H10Br4. The van der Waals surface area contributed by atoms with Crippen LogP contribution in [0.4, 0.5) is 0 Å². The number of alkyl halides is 3. The van der Waals surface area contributed by atoms with E-state index >= 15 is 0 Å². The molecule has 0 heterocycles. The molecule has 0 saturated carbocycles. The SMILES string of the molecule is Brc1c(C(Br)Br)cccc1C(Br)c1ccccc1. The van der Waals surface area contributed by atoms with Crippen molar-refractivity contribution in [1.82, 2.24) is 0 Å². The molecule has 0 fully saturated rings. The van der Waals surface area contributed by atoms with Gasteiger partial charge in [0, 0.05) is 4.47 Å². The van der Waals surface area contributed by atoms with Gasteiger partial charge in [0.05, 0.1) is 8.56 Å². The Bertz CT molecular complexity index is 523. The van der Waals surface area contributed by atoms with E-state index in [0.29, 0.717) is 0 Å². The molecule has 0 aliphatic heterocycles. The number of hydrogen-bond acceptors (Lipinski definition) is 0. The van der Waals surface area contributed by atoms with Crippen LogP contribution in [0.25, 0.3) is 0 Å². The van der Waals surface area contributed by atoms with Crippen LogP contribution in [0, 0.1) is 0 Å². The molecule has 0 N–H and O–H groups in total. The van der Waals surface area contributed by atoms with Gasteiger partial charge >= 0.3 is 0 Å². The van der Waals surface area contributed by atoms with E-state index in [1.165, 1.54) is 16.7 Å². The van der Waals surface area contributed by atoms with E-state index in [0.717, 1.165) is 4.47 Å². The third kappa shape index (κ3) is 3.27. The van der Waals surface area contributed by atoms with Gasteiger partial charge in [0.1, 0.15) is 0 Å². The Morgan fingerprint density at radius 3 is 1.94 bits per heavy atom. The smallest absolute Gasteiger partial charge is 0.0786 e. The molecule has 0 aliphatic carbocycles. The second kappa shape index (κ2) is 6.69. The first-order valence-electron chi connectivity index (χ1n) is 5.36. The van der Waals surface area contributed by atoms with Crippen molar-refractivity contribution in [2.45, 2.75) is 8.56 Å². The van der Waals surface area contributed by atoms with Crippen LogP contribution in [-0.2, 0) is 0 Å². The van der Waals surface area contributed by atoms with Crippen LogP contribution in [0.15, 0.2) is 53.0 Å². The topological polar surface area (TPSA) is 0 Å². The monoisotopic (exact) mass is 494 g/mol. The van der Waals surface area contributed by atoms with Crippen LogP contribution >= 0.6 is 63.7 Å². The van der Waals surface area contributed by atoms with E-state index in [4.69, 9.17) is 0 Å². The molecule has 1 atom stereocenters. The van der Waals surface area contributed by atoms with Crippen LogP contribution in [0.5, 0.6) is 0 Å². The number of halogens is 4. The van der Waals surface area contributed by atoms with Crippen molar-refractivity contribution in [3.05, 3.63) is 69.7 Å². The molecule has 0 amide bonds. The fraction of sp³-hybridized carbons (Fsp3) is 0.143. The summed E-state index contributed by atoms with van der Waals surface area (Å²) in [6.45, 7) is 0. The quantitative estimate of drug-likeness (QED) is 0.413. The average molecular weight is 498 g/mol. The largest absolute Gasteiger partial charge is 0.0957 e. The normalized spacial score (nSPS) is 12.7. The van der Waals surface area contributed by atoms with Crippen molar-refractivity contribution in [2.75, 3.05) is 0 Å². The number of rotatable bonds is 3. The molecule has 0 spiro atoms. The highest BCUT2D eigenvalue weighted by Gasteiger charge is 2.17. The van der Waals surface area contributed by atoms with Crippen molar-refractivity contribution in [2.24, 2.45) is 0 Å². The zero-order chi connectivity index (χ0) is 13.1. The lowest BCUT2D eigenvalue weighted by Gasteiger charge is -2.16. The summed E-state index contributed by atoms with van der Waals surface area (Å²) in [6.07, 6.45) is 0. The summed E-state index contributed by atoms with van der Waals surface area (Å²) in [4.78, 5) is 0.187. The first-order valence-corrected chi connectivity index (χ1v) is 8.90. The minimum absolute atomic E-state index is 0.148. The molecule has 0 bridgehead atoms. The van der Waals surface area contributed by atoms with Crippen molar-refractivity contribution in [3.63, 3.8) is 0 Å². The van der Waals surface area contributed by atoms with E-state index in [2.05, 4.69) is 106 Å². The second-order valence-corrected chi connectivity index (χ2v) is 8.59. The minimum Gasteiger partial charge on any atom is -0.0786 e. The number of benzene rings is 2. The second-order valence-electron chi connectivity index (χ2n) is 3.82. The van der Waals surface area contributed by atoms with Crippen LogP contribution < -0.4 is 0 Å². The summed E-state index contributed by atoms with van der Waals surface area (Å²) in [5.41, 5.74) is 3.66. The summed E-state index contributed by atoms with van der Waals surface area (Å²) in [5.74, 6) is 0. The standard InChI is InChI=1S/C14H10Br4/c15-12(9-5-2-1-3-6-9)10-7-4-8-11(13(10)16)14(17)18/h1-8,12,14H. The van der Waals surface area contributed by atoms with Gasteiger partial charge in [0.2, 0.25) is 0 Å². The maximum absolute atomic E-state index is 3.77. The molecule has 4 heteroatoms. The van der Waals surface area contributed by atoms with Gasteiger partial charge in [0.25, 0.3) is 0 Å². The molecular weight excluding hydrogens is 488 g/mol. The van der Waals surface area contributed by atoms with E-state index in [9.17, 15) is 0 Å². The van der Waals surface area contributed by atoms with Crippen LogP contribution in [-0.4, -0.2) is 0 Å². The van der Waals surface area contributed by atoms with Crippen LogP contribution in [0.1, 0.15) is 25.3 Å². The first kappa shape index (κ1) is 14.8. The number of hydrogen-bond donors (Lipinski definition) is 0. The van der Waals surface area contributed by atoms with Crippen molar-refractivity contribution in [1.29, 1.82) is 0 Å². The molecule has 0 saturated heterocycles. The third-order valence-corrected chi connectivity index (χ3v) is 5.58. The van der Waals surface area contributed by atoms with Gasteiger partial charge in [-0.2, -0.15) is 0 Å². The highest BCUT2D eigenvalue weighted by atomic mass is 79.9. The molecule has 18 heavy (non-hydrogen) atoms. The molecule has 2 aromatic rings. The predicted molar refractivity (Wildman–Crippen MR) is 91.9 cm³/mol. The summed E-state index contributed by atoms with van der Waals surface area (Å²) in [6, 6.07) is 16.7. The minimum atomic E-state index is 0.148. The Balaban J connectivity index is 2.43. The Morgan fingerprint density at radius 1 is 0.722 bits per heavy atom. The Hall–Kier alpha value is 0.360. The summed E-state index contributed by atoms with van der Waals surface area (Å²) < 4.78 is 1.27. The molecule has 2 rings (SSSR count). The fourth-order valence-corrected chi connectivity index (χ4v) is 4.83. The van der Waals surface area contributed by atoms with Crippen molar-refractivity contribution < 1.29 is 0 Å². The van der Waals surface area contributed by atoms with Gasteiger partial charge in [-0.3, -0.25) is 0 Å². The van der Waals surface area contributed by atoms with Gasteiger partial charge in [0.15, 0.2) is 0 Å². The van der Waals surface area contributed by atoms with Gasteiger partial charge < -0.3 is 0 Å². The summed E-state index contributed by atoms with van der Waals surface area (Å²) in [5, 5.41) is 0. The third-order valence-electron chi connectivity index (χ3n) is 2.66. The predicted octanol–water partition coefficient (Wildman–Crippen LogP) is 6.72. The first-order chi connectivity index (χ1) is 8.61. The van der Waals surface area contributed by atoms with Crippen LogP contribution in [0.3, 0.4) is 0 Å². The molecule has 0 radical (unpaired) electrons. The lowest BCUT2D eigenvalue weighted by Crippen LogP contribution is -1.96. The van der Waals surface area contributed by atoms with Gasteiger partial charge in [-0.15, -0.1) is 0 Å². The maximum atomic E-state index is 3.77. The van der Waals surface area contributed by atoms with Crippen molar-refractivity contribution in [3.8, 4) is 0 Å². The van der Waals surface area contributed by atoms with Crippen molar-refractivity contribution >= 4 is 63.7 Å². The van der Waals surface area contributed by atoms with E-state index in [1.54, 1.807) is 0 Å². The fourth-order valence-electron chi connectivity index (χ4n) is 1.73. The zero-order valence-corrected chi connectivity index (χ0v) is 15.6. The zero-order valence-electron chi connectivity index (χ0n) is 9.29. The molecule has 0 aliphatic rings. The van der Waals surface area contributed by atoms with E-state index in [1.807, 2.05) is 6.07 Å².